The van der Waals surface area contributed by atoms with Gasteiger partial charge >= 0.3 is 23.9 Å². The molecule has 1 aliphatic rings. The van der Waals surface area contributed by atoms with Crippen molar-refractivity contribution in [2.24, 2.45) is 0 Å². The first-order valence-electron chi connectivity index (χ1n) is 9.42. The summed E-state index contributed by atoms with van der Waals surface area (Å²) in [5.74, 6) is -4.08. The summed E-state index contributed by atoms with van der Waals surface area (Å²) in [6, 6.07) is 0. The van der Waals surface area contributed by atoms with Crippen molar-refractivity contribution < 1.29 is 39.6 Å². The number of carboxylic acids is 4. The quantitative estimate of drug-likeness (QED) is 0.274. The predicted octanol–water partition coefficient (Wildman–Crippen LogP) is -2.06. The van der Waals surface area contributed by atoms with Crippen molar-refractivity contribution >= 4 is 23.9 Å². The molecular weight excluding hydrogens is 388 g/mol. The first kappa shape index (κ1) is 24.8. The molecule has 0 bridgehead atoms. The van der Waals surface area contributed by atoms with Crippen LogP contribution in [0.15, 0.2) is 0 Å². The van der Waals surface area contributed by atoms with Crippen LogP contribution in [0.4, 0.5) is 0 Å². The zero-order valence-corrected chi connectivity index (χ0v) is 16.4. The lowest BCUT2D eigenvalue weighted by molar-refractivity contribution is -0.142. The number of hydrogen-bond acceptors (Lipinski definition) is 8. The second-order valence-corrected chi connectivity index (χ2v) is 7.03. The summed E-state index contributed by atoms with van der Waals surface area (Å²) in [6.07, 6.45) is 0.540. The third kappa shape index (κ3) is 12.0. The molecule has 0 atom stereocenters. The van der Waals surface area contributed by atoms with Gasteiger partial charge in [0.2, 0.25) is 0 Å². The van der Waals surface area contributed by atoms with Crippen LogP contribution in [0.2, 0.25) is 0 Å². The summed E-state index contributed by atoms with van der Waals surface area (Å²) in [5.41, 5.74) is 0. The smallest absolute Gasteiger partial charge is 0.317 e. The fraction of sp³-hybridized carbons (Fsp3) is 0.765. The highest BCUT2D eigenvalue weighted by Gasteiger charge is 2.20. The maximum Gasteiger partial charge on any atom is 0.317 e. The van der Waals surface area contributed by atoms with E-state index < -0.39 is 23.9 Å². The van der Waals surface area contributed by atoms with E-state index in [1.54, 1.807) is 9.80 Å². The summed E-state index contributed by atoms with van der Waals surface area (Å²) in [7, 11) is 0. The largest absolute Gasteiger partial charge is 0.480 e. The molecule has 4 N–H and O–H groups in total. The van der Waals surface area contributed by atoms with Gasteiger partial charge in [-0.15, -0.1) is 0 Å². The molecule has 0 aromatic carbocycles. The van der Waals surface area contributed by atoms with Crippen molar-refractivity contribution in [1.29, 1.82) is 0 Å². The van der Waals surface area contributed by atoms with Gasteiger partial charge in [-0.2, -0.15) is 0 Å². The first-order valence-corrected chi connectivity index (χ1v) is 9.42. The maximum absolute atomic E-state index is 11.1. The van der Waals surface area contributed by atoms with Gasteiger partial charge in [0, 0.05) is 45.8 Å². The minimum Gasteiger partial charge on any atom is -0.480 e. The van der Waals surface area contributed by atoms with Crippen molar-refractivity contribution in [3.05, 3.63) is 0 Å². The monoisotopic (exact) mass is 418 g/mol. The molecule has 1 heterocycles. The Morgan fingerprint density at radius 2 is 1.00 bits per heavy atom. The van der Waals surface area contributed by atoms with Gasteiger partial charge in [0.15, 0.2) is 0 Å². The van der Waals surface area contributed by atoms with Crippen LogP contribution in [0.5, 0.6) is 0 Å². The van der Waals surface area contributed by atoms with Crippen molar-refractivity contribution in [1.82, 2.24) is 19.6 Å². The molecule has 0 amide bonds. The van der Waals surface area contributed by atoms with Gasteiger partial charge in [-0.05, 0) is 13.0 Å². The van der Waals surface area contributed by atoms with Crippen LogP contribution in [0, 0.1) is 0 Å². The minimum atomic E-state index is -1.09. The fourth-order valence-electron chi connectivity index (χ4n) is 3.22. The third-order valence-electron chi connectivity index (χ3n) is 4.58. The number of carbonyl (C=O) groups is 4. The third-order valence-corrected chi connectivity index (χ3v) is 4.58. The van der Waals surface area contributed by atoms with Crippen LogP contribution in [0.1, 0.15) is 6.42 Å². The molecule has 0 saturated carbocycles. The molecule has 12 nitrogen and oxygen atoms in total. The van der Waals surface area contributed by atoms with Crippen molar-refractivity contribution in [3.63, 3.8) is 0 Å². The lowest BCUT2D eigenvalue weighted by atomic mass is 10.3. The Labute approximate surface area is 168 Å². The molecule has 1 rings (SSSR count). The predicted molar refractivity (Wildman–Crippen MR) is 101 cm³/mol. The van der Waals surface area contributed by atoms with E-state index >= 15 is 0 Å². The molecule has 0 aromatic rings. The van der Waals surface area contributed by atoms with Crippen LogP contribution >= 0.6 is 0 Å². The number of aliphatic carboxylic acids is 4. The van der Waals surface area contributed by atoms with E-state index in [9.17, 15) is 19.2 Å². The Balaban J connectivity index is 2.64. The summed E-state index contributed by atoms with van der Waals surface area (Å²) >= 11 is 0. The molecule has 12 heteroatoms. The van der Waals surface area contributed by atoms with Crippen molar-refractivity contribution in [3.8, 4) is 0 Å². The molecule has 0 aromatic heterocycles. The van der Waals surface area contributed by atoms with Gasteiger partial charge in [-0.25, -0.2) is 0 Å². The summed E-state index contributed by atoms with van der Waals surface area (Å²) in [5, 5.41) is 35.9. The first-order chi connectivity index (χ1) is 13.7. The van der Waals surface area contributed by atoms with Crippen LogP contribution in [0.3, 0.4) is 0 Å². The number of rotatable bonds is 12. The zero-order valence-electron chi connectivity index (χ0n) is 16.4. The molecule has 1 saturated heterocycles. The van der Waals surface area contributed by atoms with Gasteiger partial charge < -0.3 is 25.3 Å². The van der Waals surface area contributed by atoms with Crippen molar-refractivity contribution in [2.75, 3.05) is 78.5 Å². The Kier molecular flexibility index (Phi) is 11.1. The zero-order chi connectivity index (χ0) is 21.8. The highest BCUT2D eigenvalue weighted by atomic mass is 16.4. The van der Waals surface area contributed by atoms with E-state index in [-0.39, 0.29) is 26.2 Å². The summed E-state index contributed by atoms with van der Waals surface area (Å²) in [4.78, 5) is 50.8. The summed E-state index contributed by atoms with van der Waals surface area (Å²) < 4.78 is 0. The molecule has 1 fully saturated rings. The Morgan fingerprint density at radius 1 is 0.621 bits per heavy atom. The maximum atomic E-state index is 11.1. The molecule has 0 spiro atoms. The second kappa shape index (κ2) is 13.0. The molecular formula is C17H30N4O8. The summed E-state index contributed by atoms with van der Waals surface area (Å²) in [6.45, 7) is 3.03. The van der Waals surface area contributed by atoms with Crippen molar-refractivity contribution in [2.45, 2.75) is 6.42 Å². The van der Waals surface area contributed by atoms with E-state index in [2.05, 4.69) is 4.90 Å². The number of nitrogens with zero attached hydrogens (tertiary/aromatic N) is 4. The average Bonchev–Trinajstić information content (AvgIpc) is 2.66. The molecule has 0 radical (unpaired) electrons. The van der Waals surface area contributed by atoms with Gasteiger partial charge in [-0.1, -0.05) is 0 Å². The molecule has 1 aliphatic heterocycles. The lowest BCUT2D eigenvalue weighted by Crippen LogP contribution is -2.40. The highest BCUT2D eigenvalue weighted by molar-refractivity contribution is 5.72. The average molecular weight is 418 g/mol. The van der Waals surface area contributed by atoms with E-state index in [4.69, 9.17) is 20.4 Å². The fourth-order valence-corrected chi connectivity index (χ4v) is 3.22. The molecule has 0 aliphatic carbocycles. The highest BCUT2D eigenvalue weighted by Crippen LogP contribution is 2.03. The second-order valence-electron chi connectivity index (χ2n) is 7.03. The molecule has 0 unspecified atom stereocenters. The van der Waals surface area contributed by atoms with Gasteiger partial charge in [0.05, 0.1) is 26.2 Å². The van der Waals surface area contributed by atoms with Crippen LogP contribution in [0.25, 0.3) is 0 Å². The molecule has 29 heavy (non-hydrogen) atoms. The van der Waals surface area contributed by atoms with E-state index in [1.165, 1.54) is 4.90 Å². The Morgan fingerprint density at radius 3 is 1.34 bits per heavy atom. The normalized spacial score (nSPS) is 17.4. The Bertz CT molecular complexity index is 530. The minimum absolute atomic E-state index is 0.125. The van der Waals surface area contributed by atoms with Crippen LogP contribution in [-0.4, -0.2) is 142 Å². The van der Waals surface area contributed by atoms with Gasteiger partial charge in [0.1, 0.15) is 0 Å². The van der Waals surface area contributed by atoms with E-state index in [1.807, 2.05) is 0 Å². The number of carboxylic acid groups (broad SMARTS) is 4. The van der Waals surface area contributed by atoms with Crippen LogP contribution in [-0.2, 0) is 19.2 Å². The Hall–Kier alpha value is -2.28. The topological polar surface area (TPSA) is 162 Å². The lowest BCUT2D eigenvalue weighted by Gasteiger charge is -2.26. The number of hydrogen-bond donors (Lipinski definition) is 4. The SMILES string of the molecule is O=C(O)CN1CCN(CCCN(CC(=O)O)CC(=O)O)CCN(CC(=O)O)CC1. The van der Waals surface area contributed by atoms with Gasteiger partial charge in [-0.3, -0.25) is 33.9 Å². The van der Waals surface area contributed by atoms with Crippen LogP contribution < -0.4 is 0 Å². The van der Waals surface area contributed by atoms with E-state index in [0.717, 1.165) is 0 Å². The van der Waals surface area contributed by atoms with E-state index in [0.29, 0.717) is 58.8 Å². The van der Waals surface area contributed by atoms with Gasteiger partial charge in [0.25, 0.3) is 0 Å². The molecule has 166 valence electrons. The standard InChI is InChI=1S/C17H30N4O8/c22-14(23)10-19-6-4-18(5-7-20(9-8-19)11-15(24)25)2-1-3-21(12-16(26)27)13-17(28)29/h1-13H2,(H,22,23)(H,24,25)(H,26,27)(H,28,29).